The standard InChI is InChI=1S/C19H18ClFN2O3S2/c1-26-15-4-2-3-14(8-15)23(9-12-5-6-13(21)7-16(12)20)19-22-17-10-28(24,25)11-18(17)27-19/h2-8,17-18H,9-11H2,1H3/t17-,18-/m1/s1. The molecule has 0 saturated carbocycles. The third-order valence-electron chi connectivity index (χ3n) is 4.74. The van der Waals surface area contributed by atoms with Crippen molar-refractivity contribution in [1.82, 2.24) is 0 Å². The van der Waals surface area contributed by atoms with Crippen molar-refractivity contribution in [3.63, 3.8) is 0 Å². The molecule has 5 nitrogen and oxygen atoms in total. The van der Waals surface area contributed by atoms with Crippen molar-refractivity contribution >= 4 is 44.1 Å². The maximum atomic E-state index is 13.4. The van der Waals surface area contributed by atoms with Crippen LogP contribution in [-0.2, 0) is 16.4 Å². The summed E-state index contributed by atoms with van der Waals surface area (Å²) in [6, 6.07) is 11.6. The van der Waals surface area contributed by atoms with Crippen LogP contribution in [0.4, 0.5) is 10.1 Å². The number of thioether (sulfide) groups is 1. The van der Waals surface area contributed by atoms with Crippen molar-refractivity contribution in [1.29, 1.82) is 0 Å². The number of nitrogens with zero attached hydrogens (tertiary/aromatic N) is 2. The van der Waals surface area contributed by atoms with Gasteiger partial charge in [-0.05, 0) is 29.8 Å². The lowest BCUT2D eigenvalue weighted by Gasteiger charge is -2.25. The van der Waals surface area contributed by atoms with Crippen LogP contribution >= 0.6 is 23.4 Å². The number of amidine groups is 1. The summed E-state index contributed by atoms with van der Waals surface area (Å²) in [6.07, 6.45) is 0. The number of methoxy groups -OCH3 is 1. The molecule has 2 aromatic rings. The zero-order valence-corrected chi connectivity index (χ0v) is 17.4. The number of fused-ring (bicyclic) bond motifs is 1. The summed E-state index contributed by atoms with van der Waals surface area (Å²) in [6.45, 7) is 0.379. The second-order valence-electron chi connectivity index (χ2n) is 6.74. The number of hydrogen-bond donors (Lipinski definition) is 0. The molecular formula is C19H18ClFN2O3S2. The first-order chi connectivity index (χ1) is 13.3. The van der Waals surface area contributed by atoms with Gasteiger partial charge in [0.25, 0.3) is 0 Å². The molecule has 9 heteroatoms. The molecular weight excluding hydrogens is 423 g/mol. The predicted molar refractivity (Wildman–Crippen MR) is 112 cm³/mol. The van der Waals surface area contributed by atoms with Gasteiger partial charge < -0.3 is 9.64 Å². The Labute approximate surface area is 172 Å². The quantitative estimate of drug-likeness (QED) is 0.724. The van der Waals surface area contributed by atoms with Gasteiger partial charge in [-0.15, -0.1) is 0 Å². The number of ether oxygens (including phenoxy) is 1. The summed E-state index contributed by atoms with van der Waals surface area (Å²) in [5.41, 5.74) is 1.59. The highest BCUT2D eigenvalue weighted by Crippen LogP contribution is 2.38. The van der Waals surface area contributed by atoms with E-state index >= 15 is 0 Å². The Balaban J connectivity index is 1.70. The lowest BCUT2D eigenvalue weighted by Crippen LogP contribution is -2.28. The fraction of sp³-hybridized carbons (Fsp3) is 0.316. The van der Waals surface area contributed by atoms with Crippen LogP contribution in [0.1, 0.15) is 5.56 Å². The molecule has 2 aliphatic rings. The van der Waals surface area contributed by atoms with Crippen molar-refractivity contribution in [2.45, 2.75) is 17.8 Å². The highest BCUT2D eigenvalue weighted by Gasteiger charge is 2.44. The Hall–Kier alpha value is -1.77. The molecule has 0 aromatic heterocycles. The minimum absolute atomic E-state index is 0.0724. The number of hydrogen-bond acceptors (Lipinski definition) is 6. The fourth-order valence-electron chi connectivity index (χ4n) is 3.34. The van der Waals surface area contributed by atoms with Gasteiger partial charge in [0.05, 0.1) is 31.2 Å². The van der Waals surface area contributed by atoms with E-state index in [2.05, 4.69) is 4.99 Å². The zero-order valence-electron chi connectivity index (χ0n) is 15.0. The molecule has 4 rings (SSSR count). The Morgan fingerprint density at radius 1 is 1.29 bits per heavy atom. The zero-order chi connectivity index (χ0) is 19.9. The van der Waals surface area contributed by atoms with E-state index in [1.54, 1.807) is 13.2 Å². The van der Waals surface area contributed by atoms with E-state index in [0.717, 1.165) is 16.4 Å². The molecule has 2 aliphatic heterocycles. The van der Waals surface area contributed by atoms with Gasteiger partial charge in [0.1, 0.15) is 11.6 Å². The van der Waals surface area contributed by atoms with Crippen molar-refractivity contribution in [2.24, 2.45) is 4.99 Å². The van der Waals surface area contributed by atoms with E-state index in [9.17, 15) is 12.8 Å². The van der Waals surface area contributed by atoms with Crippen molar-refractivity contribution in [3.8, 4) is 5.75 Å². The number of sulfone groups is 1. The van der Waals surface area contributed by atoms with E-state index in [-0.39, 0.29) is 22.8 Å². The van der Waals surface area contributed by atoms with Gasteiger partial charge in [-0.1, -0.05) is 35.5 Å². The van der Waals surface area contributed by atoms with E-state index in [4.69, 9.17) is 16.3 Å². The van der Waals surface area contributed by atoms with E-state index in [1.807, 2.05) is 29.2 Å². The molecule has 148 valence electrons. The Kier molecular flexibility index (Phi) is 5.28. The molecule has 0 unspecified atom stereocenters. The minimum Gasteiger partial charge on any atom is -0.497 e. The molecule has 2 aromatic carbocycles. The summed E-state index contributed by atoms with van der Waals surface area (Å²) in [5, 5.41) is 0.995. The molecule has 1 saturated heterocycles. The largest absolute Gasteiger partial charge is 0.497 e. The normalized spacial score (nSPS) is 22.6. The van der Waals surface area contributed by atoms with Gasteiger partial charge in [0.15, 0.2) is 15.0 Å². The fourth-order valence-corrected chi connectivity index (χ4v) is 7.35. The predicted octanol–water partition coefficient (Wildman–Crippen LogP) is 3.76. The van der Waals surface area contributed by atoms with Gasteiger partial charge in [-0.2, -0.15) is 0 Å². The van der Waals surface area contributed by atoms with Crippen LogP contribution in [0.3, 0.4) is 0 Å². The van der Waals surface area contributed by atoms with Crippen LogP contribution in [0.25, 0.3) is 0 Å². The van der Waals surface area contributed by atoms with Crippen molar-refractivity contribution < 1.29 is 17.5 Å². The molecule has 2 atom stereocenters. The molecule has 28 heavy (non-hydrogen) atoms. The monoisotopic (exact) mass is 440 g/mol. The second kappa shape index (κ2) is 7.57. The molecule has 0 spiro atoms. The molecule has 2 heterocycles. The molecule has 0 aliphatic carbocycles. The molecule has 0 N–H and O–H groups in total. The topological polar surface area (TPSA) is 59.0 Å². The van der Waals surface area contributed by atoms with Gasteiger partial charge in [0.2, 0.25) is 0 Å². The number of rotatable bonds is 4. The van der Waals surface area contributed by atoms with Gasteiger partial charge in [0, 0.05) is 22.0 Å². The lowest BCUT2D eigenvalue weighted by molar-refractivity contribution is 0.415. The highest BCUT2D eigenvalue weighted by atomic mass is 35.5. The van der Waals surface area contributed by atoms with Crippen molar-refractivity contribution in [2.75, 3.05) is 23.5 Å². The van der Waals surface area contributed by atoms with E-state index in [0.29, 0.717) is 17.3 Å². The number of halogens is 2. The molecule has 0 bridgehead atoms. The number of aliphatic imine (C=N–C) groups is 1. The van der Waals surface area contributed by atoms with E-state index < -0.39 is 15.7 Å². The third kappa shape index (κ3) is 3.99. The molecule has 0 amide bonds. The smallest absolute Gasteiger partial charge is 0.164 e. The van der Waals surface area contributed by atoms with Crippen molar-refractivity contribution in [3.05, 3.63) is 58.9 Å². The first-order valence-corrected chi connectivity index (χ1v) is 11.7. The van der Waals surface area contributed by atoms with Crippen LogP contribution in [-0.4, -0.2) is 43.5 Å². The van der Waals surface area contributed by atoms with Gasteiger partial charge >= 0.3 is 0 Å². The lowest BCUT2D eigenvalue weighted by atomic mass is 10.2. The van der Waals surface area contributed by atoms with Gasteiger partial charge in [-0.3, -0.25) is 4.99 Å². The maximum Gasteiger partial charge on any atom is 0.164 e. The number of benzene rings is 2. The summed E-state index contributed by atoms with van der Waals surface area (Å²) >= 11 is 7.71. The average Bonchev–Trinajstić information content (AvgIpc) is 3.14. The number of anilines is 1. The van der Waals surface area contributed by atoms with Crippen LogP contribution in [0.5, 0.6) is 5.75 Å². The maximum absolute atomic E-state index is 13.4. The minimum atomic E-state index is -3.03. The summed E-state index contributed by atoms with van der Waals surface area (Å²) in [4.78, 5) is 6.66. The van der Waals surface area contributed by atoms with Crippen LogP contribution in [0, 0.1) is 5.82 Å². The Bertz CT molecular complexity index is 1050. The average molecular weight is 441 g/mol. The first kappa shape index (κ1) is 19.5. The van der Waals surface area contributed by atoms with Crippen LogP contribution in [0.2, 0.25) is 5.02 Å². The first-order valence-electron chi connectivity index (χ1n) is 8.65. The van der Waals surface area contributed by atoms with E-state index in [1.165, 1.54) is 23.9 Å². The molecule has 1 fully saturated rings. The van der Waals surface area contributed by atoms with Crippen LogP contribution in [0.15, 0.2) is 47.5 Å². The SMILES string of the molecule is COc1cccc(N(Cc2ccc(F)cc2Cl)C2=N[C@@H]3CS(=O)(=O)C[C@H]3S2)c1. The van der Waals surface area contributed by atoms with Gasteiger partial charge in [-0.25, -0.2) is 12.8 Å². The van der Waals surface area contributed by atoms with Crippen LogP contribution < -0.4 is 9.64 Å². The Morgan fingerprint density at radius 2 is 2.11 bits per heavy atom. The highest BCUT2D eigenvalue weighted by molar-refractivity contribution is 8.15. The summed E-state index contributed by atoms with van der Waals surface area (Å²) in [5.74, 6) is 0.517. The summed E-state index contributed by atoms with van der Waals surface area (Å²) in [7, 11) is -1.43. The second-order valence-corrected chi connectivity index (χ2v) is 10.5. The molecule has 0 radical (unpaired) electrons. The third-order valence-corrected chi connectivity index (χ3v) is 8.34. The summed E-state index contributed by atoms with van der Waals surface area (Å²) < 4.78 is 42.5. The Morgan fingerprint density at radius 3 is 2.82 bits per heavy atom.